The summed E-state index contributed by atoms with van der Waals surface area (Å²) < 4.78 is 23.0. The van der Waals surface area contributed by atoms with Gasteiger partial charge in [-0.05, 0) is 96.3 Å². The number of hydrogen-bond acceptors (Lipinski definition) is 6. The van der Waals surface area contributed by atoms with Crippen LogP contribution < -0.4 is 10.2 Å². The van der Waals surface area contributed by atoms with Gasteiger partial charge in [0, 0.05) is 6.42 Å². The van der Waals surface area contributed by atoms with Gasteiger partial charge in [-0.2, -0.15) is 0 Å². The van der Waals surface area contributed by atoms with Crippen molar-refractivity contribution >= 4 is 13.7 Å². The minimum absolute atomic E-state index is 0.00166. The highest BCUT2D eigenvalue weighted by Gasteiger charge is 2.24. The molecule has 0 spiro atoms. The summed E-state index contributed by atoms with van der Waals surface area (Å²) in [6.07, 6.45) is 72.7. The lowest BCUT2D eigenvalue weighted by Crippen LogP contribution is -2.46. The third kappa shape index (κ3) is 50.3. The molecule has 0 heterocycles. The van der Waals surface area contributed by atoms with Crippen LogP contribution in [0.2, 0.25) is 0 Å². The highest BCUT2D eigenvalue weighted by Crippen LogP contribution is 2.38. The number of likely N-dealkylation sites (N-methyl/N-ethyl adjacent to an activating group) is 1. The fraction of sp³-hybridized carbons (Fsp3) is 0.603. The number of phosphoric ester groups is 1. The van der Waals surface area contributed by atoms with Gasteiger partial charge in [0.15, 0.2) is 0 Å². The van der Waals surface area contributed by atoms with Crippen molar-refractivity contribution < 1.29 is 32.9 Å². The van der Waals surface area contributed by atoms with Gasteiger partial charge in [-0.3, -0.25) is 9.36 Å². The molecule has 2 N–H and O–H groups in total. The van der Waals surface area contributed by atoms with Gasteiger partial charge in [0.1, 0.15) is 13.2 Å². The van der Waals surface area contributed by atoms with Crippen molar-refractivity contribution in [2.75, 3.05) is 40.9 Å². The van der Waals surface area contributed by atoms with Crippen molar-refractivity contribution in [3.8, 4) is 0 Å². The van der Waals surface area contributed by atoms with E-state index in [2.05, 4.69) is 153 Å². The Morgan fingerprint density at radius 3 is 1.31 bits per heavy atom. The number of phosphoric acid groups is 1. The standard InChI is InChI=1S/C58H97N2O6P/c1-6-8-10-12-13-14-15-16-17-18-19-20-21-22-23-24-25-26-27-28-29-30-31-32-33-34-35-36-37-38-39-40-41-42-43-44-45-46-47-48-50-52-58(62)59-56(57(61)51-49-11-9-7-2)55-66-67(63,64)65-54-53-60(3,4)5/h8,10,13-14,16-17,19-20,22-23,25-26,28-29,31-32,34-35,37-38,40-41,56-57,61H,6-7,9,11-12,15,18,21,24,27,30,33,36,39,42-55H2,1-5H3,(H-,59,62,63,64)/b10-8-,14-13-,17-16-,20-19-,23-22-,26-25-,29-28-,32-31-,35-34-,38-37-,41-40-. The second kappa shape index (κ2) is 47.7. The monoisotopic (exact) mass is 949 g/mol. The number of aliphatic hydroxyl groups excluding tert-OH is 1. The molecule has 67 heavy (non-hydrogen) atoms. The molecule has 1 amide bonds. The maximum Gasteiger partial charge on any atom is 0.268 e. The first-order valence-corrected chi connectivity index (χ1v) is 27.5. The number of nitrogens with zero attached hydrogens (tertiary/aromatic N) is 1. The Hall–Kier alpha value is -3.36. The molecule has 0 aromatic rings. The smallest absolute Gasteiger partial charge is 0.268 e. The van der Waals surface area contributed by atoms with Gasteiger partial charge in [-0.15, -0.1) is 0 Å². The van der Waals surface area contributed by atoms with E-state index in [0.29, 0.717) is 23.9 Å². The van der Waals surface area contributed by atoms with Crippen molar-refractivity contribution in [2.45, 2.75) is 187 Å². The Bertz CT molecular complexity index is 1540. The molecule has 0 aliphatic carbocycles. The SMILES string of the molecule is CC/C=C\C/C=C\C/C=C\C/C=C\C/C=C\C/C=C\C/C=C\C/C=C\C/C=C\C/C=C\C/C=C\CCCCCCCCCC(=O)NC(COP(=O)([O-])OCC[N+](C)(C)C)C(O)CCCCCC. The molecule has 8 nitrogen and oxygen atoms in total. The van der Waals surface area contributed by atoms with Crippen molar-refractivity contribution in [1.82, 2.24) is 5.32 Å². The molecule has 0 bridgehead atoms. The van der Waals surface area contributed by atoms with Crippen LogP contribution in [0.15, 0.2) is 134 Å². The molecule has 0 aromatic heterocycles. The predicted molar refractivity (Wildman–Crippen MR) is 288 cm³/mol. The number of allylic oxidation sites excluding steroid dienone is 22. The second-order valence-corrected chi connectivity index (χ2v) is 19.6. The Labute approximate surface area is 411 Å². The summed E-state index contributed by atoms with van der Waals surface area (Å²) in [4.78, 5) is 25.1. The molecule has 3 unspecified atom stereocenters. The fourth-order valence-corrected chi connectivity index (χ4v) is 7.29. The Kier molecular flexibility index (Phi) is 45.3. The number of carbonyl (C=O) groups excluding carboxylic acids is 1. The molecular formula is C58H97N2O6P. The van der Waals surface area contributed by atoms with Crippen molar-refractivity contribution in [3.63, 3.8) is 0 Å². The summed E-state index contributed by atoms with van der Waals surface area (Å²) in [5.74, 6) is -0.192. The summed E-state index contributed by atoms with van der Waals surface area (Å²) in [5, 5.41) is 13.6. The Morgan fingerprint density at radius 2 is 0.910 bits per heavy atom. The summed E-state index contributed by atoms with van der Waals surface area (Å²) >= 11 is 0. The van der Waals surface area contributed by atoms with Crippen molar-refractivity contribution in [3.05, 3.63) is 134 Å². The number of unbranched alkanes of at least 4 members (excludes halogenated alkanes) is 10. The molecule has 0 fully saturated rings. The van der Waals surface area contributed by atoms with E-state index >= 15 is 0 Å². The van der Waals surface area contributed by atoms with Crippen LogP contribution in [-0.2, 0) is 18.4 Å². The molecule has 0 aromatic carbocycles. The molecular weight excluding hydrogens is 852 g/mol. The van der Waals surface area contributed by atoms with E-state index in [1.165, 1.54) is 19.3 Å². The molecule has 380 valence electrons. The number of hydrogen-bond donors (Lipinski definition) is 2. The predicted octanol–water partition coefficient (Wildman–Crippen LogP) is 15.0. The fourth-order valence-electron chi connectivity index (χ4n) is 6.57. The lowest BCUT2D eigenvalue weighted by molar-refractivity contribution is -0.870. The van der Waals surface area contributed by atoms with Crippen LogP contribution in [0, 0.1) is 0 Å². The molecule has 0 radical (unpaired) electrons. The van der Waals surface area contributed by atoms with Crippen LogP contribution in [-0.4, -0.2) is 68.5 Å². The highest BCUT2D eigenvalue weighted by molar-refractivity contribution is 7.45. The summed E-state index contributed by atoms with van der Waals surface area (Å²) in [6, 6.07) is -0.811. The maximum atomic E-state index is 12.8. The first-order valence-electron chi connectivity index (χ1n) is 26.0. The quantitative estimate of drug-likeness (QED) is 0.0272. The van der Waals surface area contributed by atoms with Gasteiger partial charge < -0.3 is 28.8 Å². The van der Waals surface area contributed by atoms with Crippen LogP contribution in [0.1, 0.15) is 174 Å². The zero-order valence-corrected chi connectivity index (χ0v) is 43.9. The Morgan fingerprint density at radius 1 is 0.537 bits per heavy atom. The van der Waals surface area contributed by atoms with E-state index in [1.54, 1.807) is 0 Å². The first-order chi connectivity index (χ1) is 32.5. The molecule has 0 saturated heterocycles. The largest absolute Gasteiger partial charge is 0.756 e. The van der Waals surface area contributed by atoms with Crippen molar-refractivity contribution in [1.29, 1.82) is 0 Å². The van der Waals surface area contributed by atoms with E-state index in [0.717, 1.165) is 128 Å². The number of carbonyl (C=O) groups is 1. The number of quaternary nitrogens is 1. The van der Waals surface area contributed by atoms with Gasteiger partial charge in [0.25, 0.3) is 7.82 Å². The molecule has 0 aliphatic rings. The van der Waals surface area contributed by atoms with E-state index in [1.807, 2.05) is 21.1 Å². The first kappa shape index (κ1) is 63.6. The average Bonchev–Trinajstić information content (AvgIpc) is 3.29. The van der Waals surface area contributed by atoms with E-state index in [-0.39, 0.29) is 19.1 Å². The maximum absolute atomic E-state index is 12.8. The molecule has 0 aliphatic heterocycles. The van der Waals surface area contributed by atoms with Crippen LogP contribution in [0.25, 0.3) is 0 Å². The zero-order valence-electron chi connectivity index (χ0n) is 43.0. The minimum Gasteiger partial charge on any atom is -0.756 e. The van der Waals surface area contributed by atoms with E-state index in [9.17, 15) is 19.4 Å². The van der Waals surface area contributed by atoms with Crippen molar-refractivity contribution in [2.24, 2.45) is 0 Å². The van der Waals surface area contributed by atoms with Gasteiger partial charge in [-0.1, -0.05) is 205 Å². The summed E-state index contributed by atoms with van der Waals surface area (Å²) in [6.45, 7) is 4.43. The summed E-state index contributed by atoms with van der Waals surface area (Å²) in [7, 11) is 1.27. The topological polar surface area (TPSA) is 108 Å². The summed E-state index contributed by atoms with van der Waals surface area (Å²) in [5.41, 5.74) is 0. The number of rotatable bonds is 45. The molecule has 3 atom stereocenters. The highest BCUT2D eigenvalue weighted by atomic mass is 31.2. The third-order valence-electron chi connectivity index (χ3n) is 10.7. The van der Waals surface area contributed by atoms with Gasteiger partial charge in [0.05, 0.1) is 39.9 Å². The van der Waals surface area contributed by atoms with Gasteiger partial charge in [-0.25, -0.2) is 0 Å². The molecule has 0 saturated carbocycles. The second-order valence-electron chi connectivity index (χ2n) is 18.1. The van der Waals surface area contributed by atoms with E-state index in [4.69, 9.17) is 9.05 Å². The number of amides is 1. The Balaban J connectivity index is 3.93. The van der Waals surface area contributed by atoms with Gasteiger partial charge in [0.2, 0.25) is 5.91 Å². The normalized spacial score (nSPS) is 15.1. The molecule has 9 heteroatoms. The van der Waals surface area contributed by atoms with E-state index < -0.39 is 20.0 Å². The van der Waals surface area contributed by atoms with Gasteiger partial charge >= 0.3 is 0 Å². The third-order valence-corrected chi connectivity index (χ3v) is 11.6. The lowest BCUT2D eigenvalue weighted by atomic mass is 10.0. The molecule has 0 rings (SSSR count). The lowest BCUT2D eigenvalue weighted by Gasteiger charge is -2.30. The average molecular weight is 949 g/mol. The minimum atomic E-state index is -4.56. The van der Waals surface area contributed by atoms with Crippen LogP contribution in [0.3, 0.4) is 0 Å². The van der Waals surface area contributed by atoms with Crippen LogP contribution in [0.5, 0.6) is 0 Å². The van der Waals surface area contributed by atoms with Crippen LogP contribution in [0.4, 0.5) is 0 Å². The number of nitrogens with one attached hydrogen (secondary N) is 1. The zero-order chi connectivity index (χ0) is 49.2. The van der Waals surface area contributed by atoms with Crippen LogP contribution >= 0.6 is 7.82 Å². The number of aliphatic hydroxyl groups is 1.